The molecule has 1 atom stereocenters. The summed E-state index contributed by atoms with van der Waals surface area (Å²) >= 11 is 6.28. The molecule has 0 spiro atoms. The zero-order chi connectivity index (χ0) is 11.0. The van der Waals surface area contributed by atoms with Crippen molar-refractivity contribution in [1.29, 1.82) is 0 Å². The normalized spacial score (nSPS) is 19.5. The number of rotatable bonds is 2. The Kier molecular flexibility index (Phi) is 2.89. The summed E-state index contributed by atoms with van der Waals surface area (Å²) in [5.74, 6) is 0.516. The molecular weight excluding hydrogens is 208 g/mol. The second kappa shape index (κ2) is 4.03. The van der Waals surface area contributed by atoms with Gasteiger partial charge in [-0.15, -0.1) is 0 Å². The van der Waals surface area contributed by atoms with Gasteiger partial charge in [-0.3, -0.25) is 0 Å². The van der Waals surface area contributed by atoms with Crippen LogP contribution in [0.5, 0.6) is 0 Å². The lowest BCUT2D eigenvalue weighted by Gasteiger charge is -2.14. The maximum absolute atomic E-state index is 6.28. The third-order valence-corrected chi connectivity index (χ3v) is 3.43. The molecule has 1 aliphatic rings. The standard InChI is InChI=1S/C12H17ClN2/c1-8-4-5-10(13)11-9(6-14-2)7-15(3)12(8)11/h4-5,9,14H,6-7H2,1-3H3. The number of likely N-dealkylation sites (N-methyl/N-ethyl adjacent to an activating group) is 2. The van der Waals surface area contributed by atoms with Crippen molar-refractivity contribution in [2.75, 3.05) is 32.1 Å². The van der Waals surface area contributed by atoms with Crippen LogP contribution in [0.2, 0.25) is 5.02 Å². The first-order chi connectivity index (χ1) is 7.15. The van der Waals surface area contributed by atoms with Crippen LogP contribution in [0.1, 0.15) is 17.0 Å². The predicted molar refractivity (Wildman–Crippen MR) is 66.1 cm³/mol. The fraction of sp³-hybridized carbons (Fsp3) is 0.500. The Bertz CT molecular complexity index is 376. The summed E-state index contributed by atoms with van der Waals surface area (Å²) < 4.78 is 0. The molecule has 82 valence electrons. The van der Waals surface area contributed by atoms with Crippen LogP contribution in [-0.2, 0) is 0 Å². The minimum atomic E-state index is 0.516. The van der Waals surface area contributed by atoms with Gasteiger partial charge in [0.2, 0.25) is 0 Å². The van der Waals surface area contributed by atoms with Gasteiger partial charge in [-0.1, -0.05) is 17.7 Å². The fourth-order valence-corrected chi connectivity index (χ4v) is 2.82. The van der Waals surface area contributed by atoms with E-state index < -0.39 is 0 Å². The van der Waals surface area contributed by atoms with Crippen molar-refractivity contribution in [3.63, 3.8) is 0 Å². The predicted octanol–water partition coefficient (Wildman–Crippen LogP) is 2.40. The van der Waals surface area contributed by atoms with Crippen molar-refractivity contribution >= 4 is 17.3 Å². The minimum absolute atomic E-state index is 0.516. The first-order valence-electron chi connectivity index (χ1n) is 5.30. The van der Waals surface area contributed by atoms with Crippen LogP contribution in [0.3, 0.4) is 0 Å². The summed E-state index contributed by atoms with van der Waals surface area (Å²) in [4.78, 5) is 2.30. The Balaban J connectivity index is 2.49. The van der Waals surface area contributed by atoms with Crippen LogP contribution in [0.15, 0.2) is 12.1 Å². The third-order valence-electron chi connectivity index (χ3n) is 3.10. The highest BCUT2D eigenvalue weighted by Gasteiger charge is 2.29. The van der Waals surface area contributed by atoms with Crippen molar-refractivity contribution in [3.05, 3.63) is 28.3 Å². The molecule has 1 heterocycles. The molecule has 1 aliphatic heterocycles. The summed E-state index contributed by atoms with van der Waals surface area (Å²) in [6.45, 7) is 4.19. The molecule has 2 rings (SSSR count). The molecule has 0 saturated heterocycles. The monoisotopic (exact) mass is 224 g/mol. The summed E-state index contributed by atoms with van der Waals surface area (Å²) in [6, 6.07) is 4.11. The summed E-state index contributed by atoms with van der Waals surface area (Å²) in [6.07, 6.45) is 0. The average molecular weight is 225 g/mol. The number of hydrogen-bond donors (Lipinski definition) is 1. The molecule has 0 radical (unpaired) electrons. The molecule has 2 nitrogen and oxygen atoms in total. The van der Waals surface area contributed by atoms with Gasteiger partial charge < -0.3 is 10.2 Å². The number of fused-ring (bicyclic) bond motifs is 1. The molecule has 3 heteroatoms. The van der Waals surface area contributed by atoms with E-state index in [-0.39, 0.29) is 0 Å². The highest BCUT2D eigenvalue weighted by molar-refractivity contribution is 6.32. The Morgan fingerprint density at radius 1 is 1.53 bits per heavy atom. The van der Waals surface area contributed by atoms with E-state index in [9.17, 15) is 0 Å². The van der Waals surface area contributed by atoms with Gasteiger partial charge in [-0.2, -0.15) is 0 Å². The van der Waals surface area contributed by atoms with Gasteiger partial charge in [0.05, 0.1) is 0 Å². The number of anilines is 1. The quantitative estimate of drug-likeness (QED) is 0.830. The molecule has 1 aromatic rings. The van der Waals surface area contributed by atoms with Crippen molar-refractivity contribution < 1.29 is 0 Å². The summed E-state index contributed by atoms with van der Waals surface area (Å²) in [5, 5.41) is 4.14. The van der Waals surface area contributed by atoms with Gasteiger partial charge >= 0.3 is 0 Å². The lowest BCUT2D eigenvalue weighted by molar-refractivity contribution is 0.654. The number of benzene rings is 1. The van der Waals surface area contributed by atoms with Gasteiger partial charge in [0.25, 0.3) is 0 Å². The SMILES string of the molecule is CNCC1CN(C)c2c(C)ccc(Cl)c21. The Labute approximate surface area is 96.2 Å². The Morgan fingerprint density at radius 3 is 2.93 bits per heavy atom. The molecular formula is C12H17ClN2. The lowest BCUT2D eigenvalue weighted by atomic mass is 9.99. The van der Waals surface area contributed by atoms with E-state index in [4.69, 9.17) is 11.6 Å². The van der Waals surface area contributed by atoms with Crippen molar-refractivity contribution in [2.45, 2.75) is 12.8 Å². The molecule has 15 heavy (non-hydrogen) atoms. The number of aryl methyl sites for hydroxylation is 1. The van der Waals surface area contributed by atoms with Crippen LogP contribution in [-0.4, -0.2) is 27.2 Å². The van der Waals surface area contributed by atoms with Gasteiger partial charge in [0, 0.05) is 42.3 Å². The highest BCUT2D eigenvalue weighted by atomic mass is 35.5. The largest absolute Gasteiger partial charge is 0.373 e. The second-order valence-corrected chi connectivity index (χ2v) is 4.67. The van der Waals surface area contributed by atoms with Gasteiger partial charge in [0.1, 0.15) is 0 Å². The molecule has 1 unspecified atom stereocenters. The summed E-state index contributed by atoms with van der Waals surface area (Å²) in [7, 11) is 4.12. The zero-order valence-electron chi connectivity index (χ0n) is 9.47. The van der Waals surface area contributed by atoms with E-state index in [2.05, 4.69) is 30.3 Å². The van der Waals surface area contributed by atoms with E-state index in [0.717, 1.165) is 18.1 Å². The van der Waals surface area contributed by atoms with E-state index in [0.29, 0.717) is 5.92 Å². The van der Waals surface area contributed by atoms with Crippen LogP contribution < -0.4 is 10.2 Å². The van der Waals surface area contributed by atoms with E-state index in [1.165, 1.54) is 16.8 Å². The third kappa shape index (κ3) is 1.72. The van der Waals surface area contributed by atoms with Gasteiger partial charge in [-0.25, -0.2) is 0 Å². The van der Waals surface area contributed by atoms with Crippen LogP contribution in [0.4, 0.5) is 5.69 Å². The maximum Gasteiger partial charge on any atom is 0.0462 e. The lowest BCUT2D eigenvalue weighted by Crippen LogP contribution is -2.22. The number of hydrogen-bond acceptors (Lipinski definition) is 2. The van der Waals surface area contributed by atoms with Crippen molar-refractivity contribution in [1.82, 2.24) is 5.32 Å². The maximum atomic E-state index is 6.28. The second-order valence-electron chi connectivity index (χ2n) is 4.26. The topological polar surface area (TPSA) is 15.3 Å². The van der Waals surface area contributed by atoms with Gasteiger partial charge in [-0.05, 0) is 25.6 Å². The van der Waals surface area contributed by atoms with E-state index in [1.54, 1.807) is 0 Å². The Morgan fingerprint density at radius 2 is 2.27 bits per heavy atom. The van der Waals surface area contributed by atoms with Gasteiger partial charge in [0.15, 0.2) is 0 Å². The fourth-order valence-electron chi connectivity index (χ4n) is 2.51. The molecule has 0 bridgehead atoms. The number of nitrogens with zero attached hydrogens (tertiary/aromatic N) is 1. The van der Waals surface area contributed by atoms with Crippen molar-refractivity contribution in [2.24, 2.45) is 0 Å². The zero-order valence-corrected chi connectivity index (χ0v) is 10.2. The molecule has 0 saturated carbocycles. The van der Waals surface area contributed by atoms with Crippen LogP contribution in [0.25, 0.3) is 0 Å². The first kappa shape index (κ1) is 10.8. The molecule has 0 amide bonds. The first-order valence-corrected chi connectivity index (χ1v) is 5.67. The Hall–Kier alpha value is -0.730. The van der Waals surface area contributed by atoms with Crippen LogP contribution >= 0.6 is 11.6 Å². The van der Waals surface area contributed by atoms with E-state index >= 15 is 0 Å². The smallest absolute Gasteiger partial charge is 0.0462 e. The number of halogens is 1. The molecule has 0 fully saturated rings. The van der Waals surface area contributed by atoms with Crippen LogP contribution in [0, 0.1) is 6.92 Å². The number of nitrogens with one attached hydrogen (secondary N) is 1. The molecule has 1 aromatic carbocycles. The molecule has 1 N–H and O–H groups in total. The van der Waals surface area contributed by atoms with Crippen molar-refractivity contribution in [3.8, 4) is 0 Å². The van der Waals surface area contributed by atoms with E-state index in [1.807, 2.05) is 13.1 Å². The summed E-state index contributed by atoms with van der Waals surface area (Å²) in [5.41, 5.74) is 3.95. The molecule has 0 aliphatic carbocycles. The molecule has 0 aromatic heterocycles. The highest BCUT2D eigenvalue weighted by Crippen LogP contribution is 2.41. The minimum Gasteiger partial charge on any atom is -0.373 e. The average Bonchev–Trinajstić information content (AvgIpc) is 2.51.